The van der Waals surface area contributed by atoms with Crippen molar-refractivity contribution < 1.29 is 19.0 Å². The number of esters is 1. The lowest BCUT2D eigenvalue weighted by Crippen LogP contribution is -2.14. The first-order valence-electron chi connectivity index (χ1n) is 3.63. The van der Waals surface area contributed by atoms with Gasteiger partial charge in [0.05, 0.1) is 13.2 Å². The lowest BCUT2D eigenvalue weighted by atomic mass is 10.2. The molecule has 0 spiro atoms. The van der Waals surface area contributed by atoms with E-state index in [1.165, 1.54) is 7.11 Å². The molecule has 11 heavy (non-hydrogen) atoms. The van der Waals surface area contributed by atoms with Gasteiger partial charge in [0, 0.05) is 0 Å². The van der Waals surface area contributed by atoms with E-state index in [0.29, 0.717) is 0 Å². The van der Waals surface area contributed by atoms with E-state index in [1.54, 1.807) is 0 Å². The van der Waals surface area contributed by atoms with Crippen molar-refractivity contribution in [2.45, 2.75) is 31.3 Å². The van der Waals surface area contributed by atoms with Gasteiger partial charge in [-0.3, -0.25) is 0 Å². The molecule has 0 unspecified atom stereocenters. The summed E-state index contributed by atoms with van der Waals surface area (Å²) in [7, 11) is 1.36. The summed E-state index contributed by atoms with van der Waals surface area (Å²) in [4.78, 5) is 10.8. The monoisotopic (exact) mass is 158 g/mol. The fourth-order valence-corrected chi connectivity index (χ4v) is 1.23. The number of hydrogen-bond donors (Lipinski definition) is 0. The van der Waals surface area contributed by atoms with Gasteiger partial charge in [-0.15, -0.1) is 0 Å². The maximum Gasteiger partial charge on any atom is 0.337 e. The van der Waals surface area contributed by atoms with Crippen molar-refractivity contribution in [2.24, 2.45) is 0 Å². The first-order chi connectivity index (χ1) is 5.24. The van der Waals surface area contributed by atoms with E-state index in [0.717, 1.165) is 0 Å². The zero-order chi connectivity index (χ0) is 8.01. The lowest BCUT2D eigenvalue weighted by molar-refractivity contribution is -0.142. The molecule has 0 amide bonds. The van der Waals surface area contributed by atoms with Crippen LogP contribution in [0.2, 0.25) is 0 Å². The molecule has 0 aromatic carbocycles. The van der Waals surface area contributed by atoms with Gasteiger partial charge in [0.1, 0.15) is 12.2 Å². The molecule has 4 atom stereocenters. The standard InChI is InChI=1S/C7H10O4/c1-3-4(10-3)5-6(11-5)7(8)9-2/h3-6H,1-2H3/t3-,4+,5+,6+/m0/s1. The van der Waals surface area contributed by atoms with Gasteiger partial charge in [0.25, 0.3) is 0 Å². The van der Waals surface area contributed by atoms with E-state index in [2.05, 4.69) is 4.74 Å². The summed E-state index contributed by atoms with van der Waals surface area (Å²) in [6, 6.07) is 0. The second kappa shape index (κ2) is 2.19. The molecule has 0 N–H and O–H groups in total. The van der Waals surface area contributed by atoms with Crippen molar-refractivity contribution in [1.82, 2.24) is 0 Å². The molecule has 4 nitrogen and oxygen atoms in total. The third-order valence-corrected chi connectivity index (χ3v) is 2.04. The van der Waals surface area contributed by atoms with Crippen LogP contribution in [0.5, 0.6) is 0 Å². The highest BCUT2D eigenvalue weighted by atomic mass is 16.7. The molecule has 62 valence electrons. The van der Waals surface area contributed by atoms with Gasteiger partial charge < -0.3 is 14.2 Å². The van der Waals surface area contributed by atoms with E-state index in [4.69, 9.17) is 9.47 Å². The number of ether oxygens (including phenoxy) is 3. The Morgan fingerprint density at radius 3 is 2.45 bits per heavy atom. The maximum absolute atomic E-state index is 10.8. The summed E-state index contributed by atoms with van der Waals surface area (Å²) >= 11 is 0. The quantitative estimate of drug-likeness (QED) is 0.409. The topological polar surface area (TPSA) is 51.4 Å². The smallest absolute Gasteiger partial charge is 0.337 e. The number of rotatable bonds is 2. The number of hydrogen-bond acceptors (Lipinski definition) is 4. The highest BCUT2D eigenvalue weighted by molar-refractivity contribution is 5.78. The molecule has 2 rings (SSSR count). The Morgan fingerprint density at radius 2 is 2.00 bits per heavy atom. The minimum atomic E-state index is -0.366. The van der Waals surface area contributed by atoms with Crippen LogP contribution >= 0.6 is 0 Å². The molecule has 2 aliphatic heterocycles. The van der Waals surface area contributed by atoms with Crippen molar-refractivity contribution in [3.63, 3.8) is 0 Å². The van der Waals surface area contributed by atoms with Gasteiger partial charge in [0.2, 0.25) is 0 Å². The molecule has 0 aromatic heterocycles. The van der Waals surface area contributed by atoms with Gasteiger partial charge in [-0.2, -0.15) is 0 Å². The second-order valence-electron chi connectivity index (χ2n) is 2.85. The van der Waals surface area contributed by atoms with Crippen molar-refractivity contribution in [2.75, 3.05) is 7.11 Å². The zero-order valence-electron chi connectivity index (χ0n) is 6.44. The van der Waals surface area contributed by atoms with Crippen LogP contribution in [0.3, 0.4) is 0 Å². The van der Waals surface area contributed by atoms with Crippen molar-refractivity contribution in [1.29, 1.82) is 0 Å². The fraction of sp³-hybridized carbons (Fsp3) is 0.857. The summed E-state index contributed by atoms with van der Waals surface area (Å²) in [5, 5.41) is 0. The number of methoxy groups -OCH3 is 1. The van der Waals surface area contributed by atoms with Gasteiger partial charge in [-0.1, -0.05) is 0 Å². The van der Waals surface area contributed by atoms with Crippen LogP contribution in [0.25, 0.3) is 0 Å². The molecule has 0 bridgehead atoms. The predicted molar refractivity (Wildman–Crippen MR) is 35.0 cm³/mol. The SMILES string of the molecule is COC(=O)[C@@H]1O[C@@H]1[C@@H]1O[C@H]1C. The van der Waals surface area contributed by atoms with Crippen LogP contribution in [0.1, 0.15) is 6.92 Å². The van der Waals surface area contributed by atoms with E-state index < -0.39 is 0 Å². The average Bonchev–Trinajstić information content (AvgIpc) is 2.81. The van der Waals surface area contributed by atoms with Gasteiger partial charge in [0.15, 0.2) is 6.10 Å². The minimum Gasteiger partial charge on any atom is -0.467 e. The Labute approximate surface area is 64.4 Å². The van der Waals surface area contributed by atoms with Gasteiger partial charge in [-0.05, 0) is 6.92 Å². The van der Waals surface area contributed by atoms with Crippen molar-refractivity contribution in [3.05, 3.63) is 0 Å². The second-order valence-corrected chi connectivity index (χ2v) is 2.85. The molecular formula is C7H10O4. The molecule has 2 saturated heterocycles. The summed E-state index contributed by atoms with van der Waals surface area (Å²) in [5.41, 5.74) is 0. The summed E-state index contributed by atoms with van der Waals surface area (Å²) in [5.74, 6) is -0.294. The van der Waals surface area contributed by atoms with E-state index >= 15 is 0 Å². The third-order valence-electron chi connectivity index (χ3n) is 2.04. The highest BCUT2D eigenvalue weighted by Crippen LogP contribution is 2.38. The number of epoxide rings is 2. The summed E-state index contributed by atoms with van der Waals surface area (Å²) < 4.78 is 14.7. The maximum atomic E-state index is 10.8. The van der Waals surface area contributed by atoms with Gasteiger partial charge >= 0.3 is 5.97 Å². The fourth-order valence-electron chi connectivity index (χ4n) is 1.23. The van der Waals surface area contributed by atoms with Crippen LogP contribution in [-0.4, -0.2) is 37.5 Å². The highest BCUT2D eigenvalue weighted by Gasteiger charge is 2.59. The Hall–Kier alpha value is -0.610. The van der Waals surface area contributed by atoms with E-state index in [-0.39, 0.29) is 30.4 Å². The number of carbonyl (C=O) groups excluding carboxylic acids is 1. The summed E-state index contributed by atoms with van der Waals surface area (Å²) in [6.07, 6.45) is -0.0406. The van der Waals surface area contributed by atoms with Crippen LogP contribution in [0, 0.1) is 0 Å². The molecule has 2 aliphatic rings. The Balaban J connectivity index is 1.82. The predicted octanol–water partition coefficient (Wildman–Crippen LogP) is -0.286. The average molecular weight is 158 g/mol. The van der Waals surface area contributed by atoms with Crippen LogP contribution in [0.15, 0.2) is 0 Å². The summed E-state index contributed by atoms with van der Waals surface area (Å²) in [6.45, 7) is 1.96. The molecule has 2 fully saturated rings. The van der Waals surface area contributed by atoms with Crippen LogP contribution < -0.4 is 0 Å². The normalized spacial score (nSPS) is 46.7. The Kier molecular flexibility index (Phi) is 1.40. The molecule has 2 heterocycles. The lowest BCUT2D eigenvalue weighted by Gasteiger charge is -1.89. The van der Waals surface area contributed by atoms with Crippen molar-refractivity contribution in [3.8, 4) is 0 Å². The molecule has 0 saturated carbocycles. The molecule has 0 aromatic rings. The molecule has 0 aliphatic carbocycles. The molecule has 4 heteroatoms. The van der Waals surface area contributed by atoms with Crippen LogP contribution in [-0.2, 0) is 19.0 Å². The van der Waals surface area contributed by atoms with E-state index in [1.807, 2.05) is 6.92 Å². The van der Waals surface area contributed by atoms with Crippen molar-refractivity contribution >= 4 is 5.97 Å². The largest absolute Gasteiger partial charge is 0.467 e. The number of carbonyl (C=O) groups is 1. The first-order valence-corrected chi connectivity index (χ1v) is 3.63. The first kappa shape index (κ1) is 7.06. The van der Waals surface area contributed by atoms with Crippen LogP contribution in [0.4, 0.5) is 0 Å². The molecular weight excluding hydrogens is 148 g/mol. The van der Waals surface area contributed by atoms with Gasteiger partial charge in [-0.25, -0.2) is 4.79 Å². The molecule has 0 radical (unpaired) electrons. The van der Waals surface area contributed by atoms with E-state index in [9.17, 15) is 4.79 Å². The Morgan fingerprint density at radius 1 is 1.36 bits per heavy atom. The third kappa shape index (κ3) is 1.12. The Bertz CT molecular complexity index is 191. The zero-order valence-corrected chi connectivity index (χ0v) is 6.44. The minimum absolute atomic E-state index is 0.0440.